The monoisotopic (exact) mass is 346 g/mol. The maximum Gasteiger partial charge on any atom is 0.286 e. The Morgan fingerprint density at radius 3 is 2.54 bits per heavy atom. The lowest BCUT2D eigenvalue weighted by atomic mass is 10.1. The van der Waals surface area contributed by atoms with E-state index >= 15 is 0 Å². The van der Waals surface area contributed by atoms with E-state index in [1.807, 2.05) is 24.3 Å². The van der Waals surface area contributed by atoms with E-state index in [-0.39, 0.29) is 5.91 Å². The highest BCUT2D eigenvalue weighted by Crippen LogP contribution is 2.34. The van der Waals surface area contributed by atoms with Crippen LogP contribution < -0.4 is 9.47 Å². The van der Waals surface area contributed by atoms with E-state index in [1.54, 1.807) is 14.2 Å². The number of amides is 1. The fraction of sp³-hybridized carbons (Fsp3) is 0.444. The van der Waals surface area contributed by atoms with Crippen LogP contribution in [-0.4, -0.2) is 43.3 Å². The van der Waals surface area contributed by atoms with Gasteiger partial charge in [-0.1, -0.05) is 12.8 Å². The Bertz CT molecular complexity index is 677. The first kappa shape index (κ1) is 16.9. The van der Waals surface area contributed by atoms with Gasteiger partial charge in [0.2, 0.25) is 0 Å². The van der Waals surface area contributed by atoms with E-state index in [1.165, 1.54) is 24.6 Å². The summed E-state index contributed by atoms with van der Waals surface area (Å²) in [4.78, 5) is 19.4. The third-order valence-electron chi connectivity index (χ3n) is 4.21. The Morgan fingerprint density at radius 1 is 1.12 bits per heavy atom. The van der Waals surface area contributed by atoms with Gasteiger partial charge in [0, 0.05) is 18.7 Å². The van der Waals surface area contributed by atoms with Crippen molar-refractivity contribution in [2.75, 3.05) is 27.3 Å². The summed E-state index contributed by atoms with van der Waals surface area (Å²) in [6.07, 6.45) is 6.67. The van der Waals surface area contributed by atoms with Gasteiger partial charge in [0.25, 0.3) is 5.91 Å². The molecule has 1 aromatic carbocycles. The van der Waals surface area contributed by atoms with Crippen LogP contribution in [0.25, 0.3) is 6.08 Å². The molecule has 0 aromatic heterocycles. The average Bonchev–Trinajstić information content (AvgIpc) is 2.81. The minimum Gasteiger partial charge on any atom is -0.497 e. The minimum absolute atomic E-state index is 0.177. The Labute approximate surface area is 146 Å². The number of amidine groups is 1. The first-order chi connectivity index (χ1) is 11.7. The molecular weight excluding hydrogens is 324 g/mol. The highest BCUT2D eigenvalue weighted by atomic mass is 32.2. The number of thioether (sulfide) groups is 1. The molecular formula is C18H22N2O3S. The molecule has 1 saturated heterocycles. The van der Waals surface area contributed by atoms with Gasteiger partial charge in [0.15, 0.2) is 5.17 Å². The summed E-state index contributed by atoms with van der Waals surface area (Å²) in [5, 5.41) is 0.829. The standard InChI is InChI=1S/C18H22N2O3S/c1-22-14-7-8-15(23-2)13(11-14)12-16-17(21)19-18(24-16)20-9-5-3-4-6-10-20/h7-8,11-12H,3-6,9-10H2,1-2H3/b16-12-. The van der Waals surface area contributed by atoms with Crippen LogP contribution in [0.4, 0.5) is 0 Å². The number of methoxy groups -OCH3 is 2. The molecule has 1 aromatic rings. The maximum absolute atomic E-state index is 12.3. The van der Waals surface area contributed by atoms with Crippen molar-refractivity contribution in [3.8, 4) is 11.5 Å². The van der Waals surface area contributed by atoms with Crippen LogP contribution in [0.15, 0.2) is 28.1 Å². The number of ether oxygens (including phenoxy) is 2. The fourth-order valence-electron chi connectivity index (χ4n) is 2.89. The Kier molecular flexibility index (Phi) is 5.45. The minimum atomic E-state index is -0.177. The highest BCUT2D eigenvalue weighted by molar-refractivity contribution is 8.18. The predicted octanol–water partition coefficient (Wildman–Crippen LogP) is 3.55. The SMILES string of the molecule is COc1ccc(OC)c(/C=C2\SC(N3CCCCCC3)=NC2=O)c1. The third-order valence-corrected chi connectivity index (χ3v) is 5.25. The largest absolute Gasteiger partial charge is 0.497 e. The van der Waals surface area contributed by atoms with Crippen LogP contribution in [0, 0.1) is 0 Å². The van der Waals surface area contributed by atoms with Crippen LogP contribution in [0.5, 0.6) is 11.5 Å². The van der Waals surface area contributed by atoms with Crippen LogP contribution >= 0.6 is 11.8 Å². The van der Waals surface area contributed by atoms with Crippen molar-refractivity contribution in [2.24, 2.45) is 4.99 Å². The molecule has 2 heterocycles. The summed E-state index contributed by atoms with van der Waals surface area (Å²) in [7, 11) is 3.24. The summed E-state index contributed by atoms with van der Waals surface area (Å²) in [5.74, 6) is 1.26. The van der Waals surface area contributed by atoms with Gasteiger partial charge < -0.3 is 14.4 Å². The van der Waals surface area contributed by atoms with Crippen molar-refractivity contribution in [3.05, 3.63) is 28.7 Å². The molecule has 3 rings (SSSR count). The Hall–Kier alpha value is -1.95. The van der Waals surface area contributed by atoms with Crippen molar-refractivity contribution in [1.29, 1.82) is 0 Å². The molecule has 0 radical (unpaired) electrons. The second-order valence-corrected chi connectivity index (χ2v) is 6.83. The number of aliphatic imine (C=N–C) groups is 1. The summed E-state index contributed by atoms with van der Waals surface area (Å²) in [5.41, 5.74) is 0.819. The molecule has 0 unspecified atom stereocenters. The molecule has 0 bridgehead atoms. The quantitative estimate of drug-likeness (QED) is 0.784. The van der Waals surface area contributed by atoms with Gasteiger partial charge in [0.1, 0.15) is 11.5 Å². The van der Waals surface area contributed by atoms with Crippen molar-refractivity contribution >= 4 is 28.9 Å². The van der Waals surface area contributed by atoms with Crippen LogP contribution in [0.3, 0.4) is 0 Å². The van der Waals surface area contributed by atoms with E-state index in [2.05, 4.69) is 9.89 Å². The summed E-state index contributed by atoms with van der Waals surface area (Å²) in [6, 6.07) is 5.54. The molecule has 0 saturated carbocycles. The van der Waals surface area contributed by atoms with Crippen molar-refractivity contribution in [1.82, 2.24) is 4.90 Å². The second-order valence-electron chi connectivity index (χ2n) is 5.82. The topological polar surface area (TPSA) is 51.1 Å². The molecule has 1 fully saturated rings. The first-order valence-electron chi connectivity index (χ1n) is 8.21. The number of nitrogens with zero attached hydrogens (tertiary/aromatic N) is 2. The zero-order chi connectivity index (χ0) is 16.9. The van der Waals surface area contributed by atoms with Crippen LogP contribution in [0.2, 0.25) is 0 Å². The zero-order valence-electron chi connectivity index (χ0n) is 14.1. The molecule has 0 spiro atoms. The number of carbonyl (C=O) groups excluding carboxylic acids is 1. The van der Waals surface area contributed by atoms with Crippen molar-refractivity contribution in [3.63, 3.8) is 0 Å². The molecule has 5 nitrogen and oxygen atoms in total. The number of rotatable bonds is 3. The second kappa shape index (κ2) is 7.75. The third kappa shape index (κ3) is 3.75. The first-order valence-corrected chi connectivity index (χ1v) is 9.02. The van der Waals surface area contributed by atoms with Crippen LogP contribution in [-0.2, 0) is 4.79 Å². The normalized spacial score (nSPS) is 20.1. The number of benzene rings is 1. The molecule has 128 valence electrons. The van der Waals surface area contributed by atoms with E-state index in [0.717, 1.165) is 42.4 Å². The highest BCUT2D eigenvalue weighted by Gasteiger charge is 2.26. The molecule has 2 aliphatic rings. The van der Waals surface area contributed by atoms with E-state index in [4.69, 9.17) is 9.47 Å². The summed E-state index contributed by atoms with van der Waals surface area (Å²) >= 11 is 1.45. The molecule has 0 aliphatic carbocycles. The van der Waals surface area contributed by atoms with Gasteiger partial charge in [0.05, 0.1) is 19.1 Å². The zero-order valence-corrected chi connectivity index (χ0v) is 14.9. The van der Waals surface area contributed by atoms with Gasteiger partial charge in [-0.25, -0.2) is 0 Å². The number of hydrogen-bond donors (Lipinski definition) is 0. The lowest BCUT2D eigenvalue weighted by molar-refractivity contribution is -0.113. The van der Waals surface area contributed by atoms with E-state index in [9.17, 15) is 4.79 Å². The summed E-state index contributed by atoms with van der Waals surface area (Å²) < 4.78 is 10.6. The van der Waals surface area contributed by atoms with Gasteiger partial charge in [-0.2, -0.15) is 4.99 Å². The number of hydrogen-bond acceptors (Lipinski definition) is 5. The molecule has 1 amide bonds. The van der Waals surface area contributed by atoms with Crippen LogP contribution in [0.1, 0.15) is 31.2 Å². The molecule has 24 heavy (non-hydrogen) atoms. The van der Waals surface area contributed by atoms with Gasteiger partial charge in [-0.3, -0.25) is 4.79 Å². The van der Waals surface area contributed by atoms with Gasteiger partial charge in [-0.05, 0) is 48.9 Å². The maximum atomic E-state index is 12.3. The fourth-order valence-corrected chi connectivity index (χ4v) is 3.84. The van der Waals surface area contributed by atoms with E-state index in [0.29, 0.717) is 10.7 Å². The predicted molar refractivity (Wildman–Crippen MR) is 97.6 cm³/mol. The lowest BCUT2D eigenvalue weighted by Crippen LogP contribution is -2.28. The van der Waals surface area contributed by atoms with E-state index < -0.39 is 0 Å². The lowest BCUT2D eigenvalue weighted by Gasteiger charge is -2.20. The van der Waals surface area contributed by atoms with Crippen molar-refractivity contribution in [2.45, 2.75) is 25.7 Å². The molecule has 6 heteroatoms. The average molecular weight is 346 g/mol. The van der Waals surface area contributed by atoms with Crippen molar-refractivity contribution < 1.29 is 14.3 Å². The molecule has 0 N–H and O–H groups in total. The smallest absolute Gasteiger partial charge is 0.286 e. The number of likely N-dealkylation sites (tertiary alicyclic amines) is 1. The van der Waals surface area contributed by atoms with Gasteiger partial charge in [-0.15, -0.1) is 0 Å². The molecule has 0 atom stereocenters. The Balaban J connectivity index is 1.81. The van der Waals surface area contributed by atoms with Gasteiger partial charge >= 0.3 is 0 Å². The summed E-state index contributed by atoms with van der Waals surface area (Å²) in [6.45, 7) is 1.96. The number of carbonyl (C=O) groups is 1. The molecule has 2 aliphatic heterocycles. The Morgan fingerprint density at radius 2 is 1.88 bits per heavy atom.